The largest absolute Gasteiger partial charge is 0.493 e. The molecule has 0 saturated heterocycles. The molecular formula is C24H18N2O6. The van der Waals surface area contributed by atoms with Gasteiger partial charge in [0.25, 0.3) is 5.69 Å². The van der Waals surface area contributed by atoms with Crippen molar-refractivity contribution in [2.24, 2.45) is 0 Å². The van der Waals surface area contributed by atoms with Gasteiger partial charge >= 0.3 is 5.97 Å². The van der Waals surface area contributed by atoms with Gasteiger partial charge in [0.05, 0.1) is 36.3 Å². The molecule has 0 radical (unpaired) electrons. The van der Waals surface area contributed by atoms with Crippen LogP contribution in [-0.4, -0.2) is 25.1 Å². The Kier molecular flexibility index (Phi) is 6.83. The lowest BCUT2D eigenvalue weighted by Gasteiger charge is -2.09. The average molecular weight is 430 g/mol. The topological polar surface area (TPSA) is 112 Å². The number of hydrogen-bond donors (Lipinski definition) is 0. The summed E-state index contributed by atoms with van der Waals surface area (Å²) in [4.78, 5) is 22.4. The first-order valence-electron chi connectivity index (χ1n) is 9.36. The fourth-order valence-corrected chi connectivity index (χ4v) is 2.87. The number of carbonyl (C=O) groups excluding carboxylic acids is 1. The Labute approximate surface area is 184 Å². The number of nitro benzene ring substituents is 1. The molecule has 0 aliphatic heterocycles. The van der Waals surface area contributed by atoms with Gasteiger partial charge in [-0.25, -0.2) is 4.79 Å². The molecule has 0 spiro atoms. The van der Waals surface area contributed by atoms with E-state index in [1.54, 1.807) is 48.5 Å². The van der Waals surface area contributed by atoms with E-state index in [4.69, 9.17) is 14.2 Å². The quantitative estimate of drug-likeness (QED) is 0.131. The van der Waals surface area contributed by atoms with Gasteiger partial charge in [-0.05, 0) is 59.7 Å². The Morgan fingerprint density at radius 3 is 2.12 bits per heavy atom. The maximum atomic E-state index is 12.2. The Morgan fingerprint density at radius 2 is 1.56 bits per heavy atom. The summed E-state index contributed by atoms with van der Waals surface area (Å²) in [7, 11) is 3.06. The van der Waals surface area contributed by atoms with Crippen LogP contribution in [0.1, 0.15) is 21.5 Å². The predicted octanol–water partition coefficient (Wildman–Crippen LogP) is 4.90. The fraction of sp³-hybridized carbons (Fsp3) is 0.0833. The second-order valence-electron chi connectivity index (χ2n) is 6.50. The van der Waals surface area contributed by atoms with Gasteiger partial charge < -0.3 is 14.2 Å². The van der Waals surface area contributed by atoms with E-state index in [1.165, 1.54) is 38.5 Å². The van der Waals surface area contributed by atoms with Crippen LogP contribution in [0, 0.1) is 21.4 Å². The smallest absolute Gasteiger partial charge is 0.343 e. The summed E-state index contributed by atoms with van der Waals surface area (Å²) in [6.45, 7) is 0. The molecule has 32 heavy (non-hydrogen) atoms. The van der Waals surface area contributed by atoms with E-state index in [1.807, 2.05) is 0 Å². The summed E-state index contributed by atoms with van der Waals surface area (Å²) in [6.07, 6.45) is 1.70. The van der Waals surface area contributed by atoms with Crippen LogP contribution in [-0.2, 0) is 0 Å². The van der Waals surface area contributed by atoms with Gasteiger partial charge in [-0.3, -0.25) is 10.1 Å². The van der Waals surface area contributed by atoms with E-state index in [-0.39, 0.29) is 11.3 Å². The first-order valence-corrected chi connectivity index (χ1v) is 9.36. The van der Waals surface area contributed by atoms with Crippen LogP contribution in [0.5, 0.6) is 17.2 Å². The lowest BCUT2D eigenvalue weighted by Crippen LogP contribution is -2.08. The molecule has 8 nitrogen and oxygen atoms in total. The van der Waals surface area contributed by atoms with Crippen molar-refractivity contribution in [3.63, 3.8) is 0 Å². The highest BCUT2D eigenvalue weighted by Gasteiger charge is 2.12. The van der Waals surface area contributed by atoms with E-state index in [9.17, 15) is 20.2 Å². The lowest BCUT2D eigenvalue weighted by molar-refractivity contribution is -0.384. The zero-order valence-electron chi connectivity index (χ0n) is 17.3. The first-order chi connectivity index (χ1) is 15.4. The molecule has 0 N–H and O–H groups in total. The molecule has 3 aromatic carbocycles. The van der Waals surface area contributed by atoms with E-state index in [2.05, 4.69) is 6.07 Å². The average Bonchev–Trinajstić information content (AvgIpc) is 2.83. The number of non-ortho nitro benzene ring substituents is 1. The van der Waals surface area contributed by atoms with E-state index < -0.39 is 10.9 Å². The van der Waals surface area contributed by atoms with Gasteiger partial charge in [0.1, 0.15) is 5.75 Å². The minimum Gasteiger partial charge on any atom is -0.493 e. The number of carbonyl (C=O) groups is 1. The van der Waals surface area contributed by atoms with Gasteiger partial charge in [0.15, 0.2) is 11.5 Å². The highest BCUT2D eigenvalue weighted by molar-refractivity contribution is 5.92. The van der Waals surface area contributed by atoms with Crippen LogP contribution in [0.4, 0.5) is 5.69 Å². The number of esters is 1. The molecule has 0 bridgehead atoms. The van der Waals surface area contributed by atoms with Crippen LogP contribution in [0.2, 0.25) is 0 Å². The number of ether oxygens (including phenoxy) is 3. The van der Waals surface area contributed by atoms with Crippen molar-refractivity contribution in [3.05, 3.63) is 93.5 Å². The van der Waals surface area contributed by atoms with Crippen molar-refractivity contribution in [2.75, 3.05) is 14.2 Å². The van der Waals surface area contributed by atoms with E-state index in [0.717, 1.165) is 5.56 Å². The molecule has 0 saturated carbocycles. The molecule has 0 aliphatic carbocycles. The molecule has 160 valence electrons. The minimum absolute atomic E-state index is 0.111. The summed E-state index contributed by atoms with van der Waals surface area (Å²) < 4.78 is 15.8. The highest BCUT2D eigenvalue weighted by Crippen LogP contribution is 2.31. The van der Waals surface area contributed by atoms with Crippen molar-refractivity contribution in [1.29, 1.82) is 5.26 Å². The monoisotopic (exact) mass is 430 g/mol. The third kappa shape index (κ3) is 5.09. The molecule has 8 heteroatoms. The van der Waals surface area contributed by atoms with Crippen molar-refractivity contribution in [1.82, 2.24) is 0 Å². The van der Waals surface area contributed by atoms with Crippen LogP contribution in [0.25, 0.3) is 11.6 Å². The molecule has 0 amide bonds. The van der Waals surface area contributed by atoms with Crippen LogP contribution in [0.3, 0.4) is 0 Å². The Bertz CT molecular complexity index is 1210. The predicted molar refractivity (Wildman–Crippen MR) is 118 cm³/mol. The Hall–Kier alpha value is -4.64. The standard InChI is InChI=1S/C24H18N2O6/c1-30-22-12-7-18(14-23(22)31-2)19(15-25)13-16-3-10-21(11-4-16)32-24(27)17-5-8-20(9-6-17)26(28)29/h3-14H,1-2H3/b19-13-. The van der Waals surface area contributed by atoms with Crippen molar-refractivity contribution in [3.8, 4) is 23.3 Å². The number of nitriles is 1. The van der Waals surface area contributed by atoms with Gasteiger partial charge in [-0.15, -0.1) is 0 Å². The Balaban J connectivity index is 1.75. The number of nitro groups is 1. The number of rotatable bonds is 7. The molecule has 0 aliphatic rings. The number of hydrogen-bond acceptors (Lipinski definition) is 7. The molecule has 0 aromatic heterocycles. The lowest BCUT2D eigenvalue weighted by atomic mass is 10.0. The number of methoxy groups -OCH3 is 2. The molecule has 0 atom stereocenters. The fourth-order valence-electron chi connectivity index (χ4n) is 2.87. The zero-order valence-corrected chi connectivity index (χ0v) is 17.3. The van der Waals surface area contributed by atoms with Gasteiger partial charge in [0.2, 0.25) is 0 Å². The molecule has 3 aromatic rings. The summed E-state index contributed by atoms with van der Waals surface area (Å²) in [5, 5.41) is 20.3. The summed E-state index contributed by atoms with van der Waals surface area (Å²) in [5.41, 5.74) is 1.90. The number of benzene rings is 3. The highest BCUT2D eigenvalue weighted by atomic mass is 16.6. The maximum Gasteiger partial charge on any atom is 0.343 e. The molecular weight excluding hydrogens is 412 g/mol. The zero-order chi connectivity index (χ0) is 23.1. The number of allylic oxidation sites excluding steroid dienone is 1. The molecule has 3 rings (SSSR count). The van der Waals surface area contributed by atoms with E-state index >= 15 is 0 Å². The second kappa shape index (κ2) is 9.91. The van der Waals surface area contributed by atoms with Crippen molar-refractivity contribution in [2.45, 2.75) is 0 Å². The Morgan fingerprint density at radius 1 is 0.938 bits per heavy atom. The van der Waals surface area contributed by atoms with Crippen LogP contribution < -0.4 is 14.2 Å². The minimum atomic E-state index is -0.633. The van der Waals surface area contributed by atoms with Gasteiger partial charge in [-0.1, -0.05) is 12.1 Å². The third-order valence-corrected chi connectivity index (χ3v) is 4.53. The first kappa shape index (κ1) is 22.1. The molecule has 0 unspecified atom stereocenters. The SMILES string of the molecule is COc1ccc(/C(C#N)=C\c2ccc(OC(=O)c3ccc([N+](=O)[O-])cc3)cc2)cc1OC. The summed E-state index contributed by atoms with van der Waals surface area (Å²) in [6, 6.07) is 19.1. The summed E-state index contributed by atoms with van der Waals surface area (Å²) in [5.74, 6) is 0.744. The maximum absolute atomic E-state index is 12.2. The van der Waals surface area contributed by atoms with Gasteiger partial charge in [0, 0.05) is 12.1 Å². The molecule has 0 fully saturated rings. The molecule has 0 heterocycles. The van der Waals surface area contributed by atoms with Crippen LogP contribution >= 0.6 is 0 Å². The van der Waals surface area contributed by atoms with Gasteiger partial charge in [-0.2, -0.15) is 5.26 Å². The number of nitrogens with zero attached hydrogens (tertiary/aromatic N) is 2. The second-order valence-corrected chi connectivity index (χ2v) is 6.50. The van der Waals surface area contributed by atoms with Crippen molar-refractivity contribution < 1.29 is 23.9 Å². The third-order valence-electron chi connectivity index (χ3n) is 4.53. The van der Waals surface area contributed by atoms with Crippen molar-refractivity contribution >= 4 is 23.3 Å². The van der Waals surface area contributed by atoms with E-state index in [0.29, 0.717) is 28.4 Å². The normalized spacial score (nSPS) is 10.7. The van der Waals surface area contributed by atoms with Crippen LogP contribution in [0.15, 0.2) is 66.7 Å². The summed E-state index contributed by atoms with van der Waals surface area (Å²) >= 11 is 0.